The van der Waals surface area contributed by atoms with Crippen LogP contribution in [0.25, 0.3) is 22.8 Å². The van der Waals surface area contributed by atoms with E-state index in [0.717, 1.165) is 5.75 Å². The minimum absolute atomic E-state index is 0.246. The Bertz CT molecular complexity index is 1060. The van der Waals surface area contributed by atoms with Crippen molar-refractivity contribution in [2.75, 3.05) is 0 Å². The van der Waals surface area contributed by atoms with Crippen LogP contribution in [-0.2, 0) is 0 Å². The summed E-state index contributed by atoms with van der Waals surface area (Å²) >= 11 is 0. The molecule has 0 spiro atoms. The van der Waals surface area contributed by atoms with Crippen LogP contribution in [0.1, 0.15) is 0 Å². The fourth-order valence-electron chi connectivity index (χ4n) is 2.45. The number of pyridine rings is 1. The Labute approximate surface area is 149 Å². The van der Waals surface area contributed by atoms with Gasteiger partial charge >= 0.3 is 0 Å². The molecule has 2 aromatic carbocycles. The zero-order valence-corrected chi connectivity index (χ0v) is 13.7. The zero-order valence-electron chi connectivity index (χ0n) is 13.7. The van der Waals surface area contributed by atoms with Crippen LogP contribution in [-0.4, -0.2) is 20.2 Å². The van der Waals surface area contributed by atoms with Crippen molar-refractivity contribution in [2.45, 2.75) is 0 Å². The number of nitrogens with zero attached hydrogens (tertiary/aromatic N) is 3. The summed E-state index contributed by atoms with van der Waals surface area (Å²) < 4.78 is 5.75. The van der Waals surface area contributed by atoms with Crippen molar-refractivity contribution in [1.29, 1.82) is 0 Å². The number of hydrogen-bond acceptors (Lipinski definition) is 5. The Kier molecular flexibility index (Phi) is 4.22. The summed E-state index contributed by atoms with van der Waals surface area (Å²) in [4.78, 5) is 19.2. The molecule has 0 saturated carbocycles. The number of H-pyrrole nitrogens is 1. The summed E-state index contributed by atoms with van der Waals surface area (Å²) in [6.45, 7) is 0. The number of rotatable bonds is 4. The van der Waals surface area contributed by atoms with Gasteiger partial charge in [0.2, 0.25) is 0 Å². The van der Waals surface area contributed by atoms with Crippen molar-refractivity contribution >= 4 is 0 Å². The Hall–Kier alpha value is -3.80. The fraction of sp³-hybridized carbons (Fsp3) is 0. The fourth-order valence-corrected chi connectivity index (χ4v) is 2.45. The van der Waals surface area contributed by atoms with Crippen LogP contribution in [0.2, 0.25) is 0 Å². The zero-order chi connectivity index (χ0) is 17.8. The van der Waals surface area contributed by atoms with Crippen molar-refractivity contribution in [3.05, 3.63) is 89.3 Å². The number of ether oxygens (including phenoxy) is 1. The molecule has 6 nitrogen and oxygen atoms in total. The molecule has 0 atom stereocenters. The second-order valence-electron chi connectivity index (χ2n) is 5.51. The lowest BCUT2D eigenvalue weighted by atomic mass is 10.1. The lowest BCUT2D eigenvalue weighted by Gasteiger charge is -2.06. The van der Waals surface area contributed by atoms with Crippen LogP contribution in [0.5, 0.6) is 11.5 Å². The van der Waals surface area contributed by atoms with Gasteiger partial charge in [0, 0.05) is 11.8 Å². The van der Waals surface area contributed by atoms with E-state index in [1.54, 1.807) is 42.6 Å². The maximum atomic E-state index is 12.4. The van der Waals surface area contributed by atoms with Crippen molar-refractivity contribution < 1.29 is 4.74 Å². The number of hydrogen-bond donors (Lipinski definition) is 1. The van der Waals surface area contributed by atoms with Crippen molar-refractivity contribution in [2.24, 2.45) is 0 Å². The van der Waals surface area contributed by atoms with E-state index in [1.807, 2.05) is 36.4 Å². The van der Waals surface area contributed by atoms with Crippen LogP contribution < -0.4 is 10.3 Å². The van der Waals surface area contributed by atoms with E-state index in [9.17, 15) is 4.79 Å². The average molecular weight is 342 g/mol. The van der Waals surface area contributed by atoms with Gasteiger partial charge in [0.1, 0.15) is 17.2 Å². The van der Waals surface area contributed by atoms with E-state index in [-0.39, 0.29) is 11.3 Å². The van der Waals surface area contributed by atoms with Gasteiger partial charge in [0.05, 0.1) is 0 Å². The molecule has 6 heteroatoms. The third-order valence-electron chi connectivity index (χ3n) is 3.71. The first-order chi connectivity index (χ1) is 12.8. The molecular weight excluding hydrogens is 328 g/mol. The van der Waals surface area contributed by atoms with E-state index in [0.29, 0.717) is 22.8 Å². The molecule has 0 saturated heterocycles. The van der Waals surface area contributed by atoms with Gasteiger partial charge in [-0.3, -0.25) is 9.78 Å². The SMILES string of the molecule is O=c1[nH]c(-c2ccccn2)nnc1-c1ccc(Oc2ccccc2)cc1. The minimum atomic E-state index is -0.322. The molecule has 0 bridgehead atoms. The summed E-state index contributed by atoms with van der Waals surface area (Å²) in [5.74, 6) is 1.76. The van der Waals surface area contributed by atoms with Crippen LogP contribution >= 0.6 is 0 Å². The van der Waals surface area contributed by atoms with E-state index in [1.165, 1.54) is 0 Å². The number of aromatic nitrogens is 4. The van der Waals surface area contributed by atoms with Gasteiger partial charge in [-0.25, -0.2) is 0 Å². The first-order valence-electron chi connectivity index (χ1n) is 8.01. The smallest absolute Gasteiger partial charge is 0.278 e. The largest absolute Gasteiger partial charge is 0.457 e. The molecule has 1 N–H and O–H groups in total. The number of aromatic amines is 1. The molecule has 4 aromatic rings. The number of nitrogens with one attached hydrogen (secondary N) is 1. The van der Waals surface area contributed by atoms with Crippen LogP contribution in [0.15, 0.2) is 83.8 Å². The first-order valence-corrected chi connectivity index (χ1v) is 8.01. The highest BCUT2D eigenvalue weighted by Gasteiger charge is 2.09. The van der Waals surface area contributed by atoms with Crippen molar-refractivity contribution in [3.8, 4) is 34.3 Å². The summed E-state index contributed by atoms with van der Waals surface area (Å²) in [5.41, 5.74) is 1.15. The molecule has 0 aliphatic rings. The van der Waals surface area contributed by atoms with Crippen LogP contribution in [0.4, 0.5) is 0 Å². The maximum absolute atomic E-state index is 12.4. The van der Waals surface area contributed by atoms with Crippen LogP contribution in [0, 0.1) is 0 Å². The minimum Gasteiger partial charge on any atom is -0.457 e. The van der Waals surface area contributed by atoms with Gasteiger partial charge in [-0.1, -0.05) is 24.3 Å². The molecule has 0 radical (unpaired) electrons. The third kappa shape index (κ3) is 3.34. The second-order valence-corrected chi connectivity index (χ2v) is 5.51. The molecule has 26 heavy (non-hydrogen) atoms. The van der Waals surface area contributed by atoms with Gasteiger partial charge in [-0.2, -0.15) is 0 Å². The molecule has 0 fully saturated rings. The highest BCUT2D eigenvalue weighted by Crippen LogP contribution is 2.23. The van der Waals surface area contributed by atoms with Crippen molar-refractivity contribution in [3.63, 3.8) is 0 Å². The average Bonchev–Trinajstić information content (AvgIpc) is 2.70. The van der Waals surface area contributed by atoms with E-state index < -0.39 is 0 Å². The Morgan fingerprint density at radius 3 is 2.19 bits per heavy atom. The normalized spacial score (nSPS) is 10.5. The van der Waals surface area contributed by atoms with Gasteiger partial charge in [-0.05, 0) is 48.5 Å². The van der Waals surface area contributed by atoms with E-state index in [2.05, 4.69) is 20.2 Å². The predicted molar refractivity (Wildman–Crippen MR) is 97.8 cm³/mol. The lowest BCUT2D eigenvalue weighted by Crippen LogP contribution is -2.14. The molecule has 4 rings (SSSR count). The molecule has 2 aromatic heterocycles. The lowest BCUT2D eigenvalue weighted by molar-refractivity contribution is 0.483. The number of benzene rings is 2. The van der Waals surface area contributed by atoms with E-state index >= 15 is 0 Å². The maximum Gasteiger partial charge on any atom is 0.278 e. The predicted octanol–water partition coefficient (Wildman–Crippen LogP) is 3.69. The second kappa shape index (κ2) is 6.98. The molecule has 0 unspecified atom stereocenters. The summed E-state index contributed by atoms with van der Waals surface area (Å²) in [5, 5.41) is 8.14. The van der Waals surface area contributed by atoms with Gasteiger partial charge in [0.25, 0.3) is 5.56 Å². The molecule has 0 aliphatic heterocycles. The summed E-state index contributed by atoms with van der Waals surface area (Å²) in [6.07, 6.45) is 1.63. The first kappa shape index (κ1) is 15.7. The van der Waals surface area contributed by atoms with Crippen molar-refractivity contribution in [1.82, 2.24) is 20.2 Å². The van der Waals surface area contributed by atoms with Gasteiger partial charge in [0.15, 0.2) is 11.5 Å². The Morgan fingerprint density at radius 2 is 1.50 bits per heavy atom. The number of para-hydroxylation sites is 1. The molecule has 0 aliphatic carbocycles. The van der Waals surface area contributed by atoms with Crippen LogP contribution in [0.3, 0.4) is 0 Å². The highest BCUT2D eigenvalue weighted by atomic mass is 16.5. The summed E-state index contributed by atoms with van der Waals surface area (Å²) in [6, 6.07) is 22.0. The van der Waals surface area contributed by atoms with E-state index in [4.69, 9.17) is 4.74 Å². The monoisotopic (exact) mass is 342 g/mol. The molecule has 2 heterocycles. The quantitative estimate of drug-likeness (QED) is 0.612. The Balaban J connectivity index is 1.59. The Morgan fingerprint density at radius 1 is 0.769 bits per heavy atom. The third-order valence-corrected chi connectivity index (χ3v) is 3.71. The summed E-state index contributed by atoms with van der Waals surface area (Å²) in [7, 11) is 0. The highest BCUT2D eigenvalue weighted by molar-refractivity contribution is 5.60. The molecular formula is C20H14N4O2. The van der Waals surface area contributed by atoms with Gasteiger partial charge < -0.3 is 9.72 Å². The topological polar surface area (TPSA) is 80.8 Å². The molecule has 126 valence electrons. The standard InChI is InChI=1S/C20H14N4O2/c25-20-18(23-24-19(22-20)17-8-4-5-13-21-17)14-9-11-16(12-10-14)26-15-6-2-1-3-7-15/h1-13H,(H,22,24,25). The molecule has 0 amide bonds. The van der Waals surface area contributed by atoms with Gasteiger partial charge in [-0.15, -0.1) is 10.2 Å².